The fraction of sp³-hybridized carbons (Fsp3) is 0.280. The lowest BCUT2D eigenvalue weighted by molar-refractivity contribution is -0.117. The molecule has 0 atom stereocenters. The summed E-state index contributed by atoms with van der Waals surface area (Å²) in [6, 6.07) is 13.1. The molecule has 0 amide bonds. The van der Waals surface area contributed by atoms with Crippen molar-refractivity contribution in [2.45, 2.75) is 39.0 Å². The zero-order valence-corrected chi connectivity index (χ0v) is 21.9. The minimum absolute atomic E-state index is 0.0720. The molecule has 186 valence electrons. The summed E-state index contributed by atoms with van der Waals surface area (Å²) in [5.74, 6) is 1.12. The summed E-state index contributed by atoms with van der Waals surface area (Å²) in [6.45, 7) is 6.12. The maximum Gasteiger partial charge on any atom is 0.230 e. The van der Waals surface area contributed by atoms with E-state index in [9.17, 15) is 13.2 Å². The molecular formula is C25H25N5O4S2. The molecule has 1 N–H and O–H groups in total. The number of nitrogens with one attached hydrogen (secondary N) is 1. The number of pyridine rings is 1. The van der Waals surface area contributed by atoms with Crippen LogP contribution in [0.3, 0.4) is 0 Å². The van der Waals surface area contributed by atoms with Crippen LogP contribution in [-0.2, 0) is 33.1 Å². The Bertz CT molecular complexity index is 1690. The Morgan fingerprint density at radius 2 is 1.83 bits per heavy atom. The molecule has 9 nitrogen and oxygen atoms in total. The summed E-state index contributed by atoms with van der Waals surface area (Å²) >= 11 is 1.38. The van der Waals surface area contributed by atoms with Gasteiger partial charge in [-0.25, -0.2) is 18.4 Å². The van der Waals surface area contributed by atoms with E-state index in [4.69, 9.17) is 9.51 Å². The third kappa shape index (κ3) is 5.17. The van der Waals surface area contributed by atoms with E-state index in [0.717, 1.165) is 39.3 Å². The van der Waals surface area contributed by atoms with Crippen LogP contribution in [0.15, 0.2) is 53.2 Å². The highest BCUT2D eigenvalue weighted by molar-refractivity contribution is 7.92. The van der Waals surface area contributed by atoms with Gasteiger partial charge in [0.05, 0.1) is 29.6 Å². The van der Waals surface area contributed by atoms with Crippen LogP contribution in [0.1, 0.15) is 37.8 Å². The summed E-state index contributed by atoms with van der Waals surface area (Å²) in [6.07, 6.45) is 3.57. The molecular weight excluding hydrogens is 498 g/mol. The van der Waals surface area contributed by atoms with E-state index in [2.05, 4.69) is 14.9 Å². The number of hydrogen-bond acceptors (Lipinski definition) is 8. The summed E-state index contributed by atoms with van der Waals surface area (Å²) in [7, 11) is -3.40. The van der Waals surface area contributed by atoms with Crippen LogP contribution >= 0.6 is 11.3 Å². The quantitative estimate of drug-likeness (QED) is 0.330. The number of carbonyl (C=O) groups is 1. The first-order valence-corrected chi connectivity index (χ1v) is 14.0. The van der Waals surface area contributed by atoms with E-state index >= 15 is 0 Å². The number of fused-ring (bicyclic) bond motifs is 3. The standard InChI is InChI=1S/C25H25N5O4S2/c1-25(2,3)21-13-17(28-34-21)12-18(31)11-15-5-7-16(8-6-15)19-14-30-20-9-10-22(29-36(4,32)33)27-23(20)35-24(30)26-19/h5-10,13-14H,11-12H2,1-4H3,(H,27,29). The molecule has 0 saturated carbocycles. The molecule has 4 aromatic heterocycles. The van der Waals surface area contributed by atoms with Gasteiger partial charge in [0.15, 0.2) is 4.96 Å². The molecule has 0 aliphatic heterocycles. The maximum absolute atomic E-state index is 12.6. The molecule has 0 spiro atoms. The van der Waals surface area contributed by atoms with E-state index in [1.807, 2.05) is 67.8 Å². The van der Waals surface area contributed by atoms with Gasteiger partial charge in [-0.1, -0.05) is 61.5 Å². The van der Waals surface area contributed by atoms with Crippen LogP contribution in [0.4, 0.5) is 5.82 Å². The van der Waals surface area contributed by atoms with Gasteiger partial charge in [-0.05, 0) is 17.7 Å². The van der Waals surface area contributed by atoms with E-state index < -0.39 is 10.0 Å². The molecule has 0 aliphatic carbocycles. The fourth-order valence-corrected chi connectivity index (χ4v) is 5.28. The number of aromatic nitrogens is 4. The van der Waals surface area contributed by atoms with Crippen LogP contribution in [0.5, 0.6) is 0 Å². The van der Waals surface area contributed by atoms with Crippen molar-refractivity contribution in [1.82, 2.24) is 19.5 Å². The number of Topliss-reactive ketones (excluding diaryl/α,β-unsaturated/α-hetero) is 1. The van der Waals surface area contributed by atoms with Gasteiger partial charge in [0.25, 0.3) is 0 Å². The SMILES string of the molecule is CC(C)(C)c1cc(CC(=O)Cc2ccc(-c3cn4c(n3)sc3nc(NS(C)(=O)=O)ccc34)cc2)no1. The molecule has 0 radical (unpaired) electrons. The number of imidazole rings is 1. The van der Waals surface area contributed by atoms with Gasteiger partial charge in [0, 0.05) is 29.7 Å². The first kappa shape index (κ1) is 24.1. The molecule has 0 aliphatic rings. The Morgan fingerprint density at radius 3 is 2.50 bits per heavy atom. The molecule has 5 aromatic rings. The molecule has 11 heteroatoms. The van der Waals surface area contributed by atoms with Crippen molar-refractivity contribution in [2.75, 3.05) is 11.0 Å². The highest BCUT2D eigenvalue weighted by atomic mass is 32.2. The predicted molar refractivity (Wildman–Crippen MR) is 140 cm³/mol. The number of carbonyl (C=O) groups excluding carboxylic acids is 1. The highest BCUT2D eigenvalue weighted by Gasteiger charge is 2.20. The Kier molecular flexibility index (Phi) is 5.92. The Balaban J connectivity index is 1.29. The van der Waals surface area contributed by atoms with Crippen LogP contribution in [0.25, 0.3) is 26.6 Å². The van der Waals surface area contributed by atoms with Crippen molar-refractivity contribution in [2.24, 2.45) is 0 Å². The topological polar surface area (TPSA) is 119 Å². The molecule has 4 heterocycles. The van der Waals surface area contributed by atoms with Gasteiger partial charge in [-0.15, -0.1) is 0 Å². The van der Waals surface area contributed by atoms with Crippen LogP contribution in [0.2, 0.25) is 0 Å². The zero-order chi connectivity index (χ0) is 25.7. The first-order valence-electron chi connectivity index (χ1n) is 11.3. The van der Waals surface area contributed by atoms with E-state index in [1.165, 1.54) is 11.3 Å². The number of anilines is 1. The molecule has 5 rings (SSSR count). The minimum Gasteiger partial charge on any atom is -0.361 e. The largest absolute Gasteiger partial charge is 0.361 e. The minimum atomic E-state index is -3.40. The molecule has 0 saturated heterocycles. The van der Waals surface area contributed by atoms with Crippen molar-refractivity contribution >= 4 is 48.3 Å². The first-order chi connectivity index (χ1) is 16.9. The maximum atomic E-state index is 12.6. The van der Waals surface area contributed by atoms with Crippen molar-refractivity contribution in [3.05, 3.63) is 65.7 Å². The number of ketones is 1. The Labute approximate surface area is 212 Å². The van der Waals surface area contributed by atoms with Gasteiger partial charge in [0.1, 0.15) is 22.2 Å². The van der Waals surface area contributed by atoms with Gasteiger partial charge in [-0.2, -0.15) is 0 Å². The summed E-state index contributed by atoms with van der Waals surface area (Å²) in [5.41, 5.74) is 4.01. The van der Waals surface area contributed by atoms with E-state index in [0.29, 0.717) is 16.9 Å². The zero-order valence-electron chi connectivity index (χ0n) is 20.3. The number of nitrogens with zero attached hydrogens (tertiary/aromatic N) is 4. The fourth-order valence-electron chi connectivity index (χ4n) is 3.81. The van der Waals surface area contributed by atoms with Gasteiger partial charge in [-0.3, -0.25) is 13.9 Å². The second-order valence-corrected chi connectivity index (χ2v) is 12.5. The summed E-state index contributed by atoms with van der Waals surface area (Å²) < 4.78 is 32.6. The third-order valence-electron chi connectivity index (χ3n) is 5.58. The van der Waals surface area contributed by atoms with Crippen LogP contribution in [0, 0.1) is 0 Å². The molecule has 0 fully saturated rings. The third-order valence-corrected chi connectivity index (χ3v) is 7.12. The molecule has 1 aromatic carbocycles. The lowest BCUT2D eigenvalue weighted by Crippen LogP contribution is -2.10. The lowest BCUT2D eigenvalue weighted by Gasteiger charge is -2.12. The highest BCUT2D eigenvalue weighted by Crippen LogP contribution is 2.30. The Hall–Kier alpha value is -3.57. The van der Waals surface area contributed by atoms with E-state index in [-0.39, 0.29) is 23.4 Å². The van der Waals surface area contributed by atoms with Gasteiger partial charge < -0.3 is 4.52 Å². The Morgan fingerprint density at radius 1 is 1.08 bits per heavy atom. The average molecular weight is 524 g/mol. The summed E-state index contributed by atoms with van der Waals surface area (Å²) in [5, 5.41) is 4.04. The molecule has 36 heavy (non-hydrogen) atoms. The van der Waals surface area contributed by atoms with E-state index in [1.54, 1.807) is 6.07 Å². The van der Waals surface area contributed by atoms with Crippen LogP contribution < -0.4 is 4.72 Å². The number of hydrogen-bond donors (Lipinski definition) is 1. The predicted octanol–water partition coefficient (Wildman–Crippen LogP) is 4.62. The second kappa shape index (κ2) is 8.82. The second-order valence-electron chi connectivity index (χ2n) is 9.80. The number of sulfonamides is 1. The average Bonchev–Trinajstić information content (AvgIpc) is 3.47. The van der Waals surface area contributed by atoms with Crippen molar-refractivity contribution < 1.29 is 17.7 Å². The van der Waals surface area contributed by atoms with Crippen molar-refractivity contribution in [3.63, 3.8) is 0 Å². The number of benzene rings is 1. The van der Waals surface area contributed by atoms with Crippen LogP contribution in [-0.4, -0.2) is 40.0 Å². The van der Waals surface area contributed by atoms with Crippen molar-refractivity contribution in [1.29, 1.82) is 0 Å². The molecule has 0 bridgehead atoms. The normalized spacial score (nSPS) is 12.4. The smallest absolute Gasteiger partial charge is 0.230 e. The van der Waals surface area contributed by atoms with Gasteiger partial charge >= 0.3 is 0 Å². The molecule has 0 unspecified atom stereocenters. The van der Waals surface area contributed by atoms with Crippen molar-refractivity contribution in [3.8, 4) is 11.3 Å². The lowest BCUT2D eigenvalue weighted by atomic mass is 9.93. The summed E-state index contributed by atoms with van der Waals surface area (Å²) in [4.78, 5) is 23.1. The van der Waals surface area contributed by atoms with Gasteiger partial charge in [0.2, 0.25) is 10.0 Å². The number of rotatable bonds is 7. The number of thiazole rings is 1. The monoisotopic (exact) mass is 523 g/mol.